The minimum atomic E-state index is -6.24. The number of anilines is 1. The molecule has 3 rings (SSSR count). The molecule has 2 N–H and O–H groups in total. The molecule has 1 aliphatic rings. The van der Waals surface area contributed by atoms with Crippen LogP contribution in [0.15, 0.2) is 30.3 Å². The number of alkyl carbamates (subject to hydrolysis) is 1. The van der Waals surface area contributed by atoms with E-state index < -0.39 is 41.2 Å². The minimum Gasteiger partial charge on any atom is -0.444 e. The lowest BCUT2D eigenvalue weighted by molar-refractivity contribution is -0.348. The van der Waals surface area contributed by atoms with Gasteiger partial charge in [0.15, 0.2) is 0 Å². The summed E-state index contributed by atoms with van der Waals surface area (Å²) in [5.74, 6) is -0.648. The molecule has 5 nitrogen and oxygen atoms in total. The maximum absolute atomic E-state index is 14.6. The highest BCUT2D eigenvalue weighted by molar-refractivity contribution is 6.05. The molecule has 2 aromatic rings. The SMILES string of the molecule is CCc1cc(C(F)(C(F)(F)F)C(F)(F)F)cc(C)c1NC(=O)c1ccc2c(c1)CCC2NC(=O)OC(C)(C)C. The molecule has 0 bridgehead atoms. The quantitative estimate of drug-likeness (QED) is 0.369. The second-order valence-corrected chi connectivity index (χ2v) is 10.4. The molecule has 0 aliphatic heterocycles. The number of hydrogen-bond donors (Lipinski definition) is 2. The van der Waals surface area contributed by atoms with Crippen LogP contribution >= 0.6 is 0 Å². The molecule has 1 aliphatic carbocycles. The first-order valence-corrected chi connectivity index (χ1v) is 12.2. The average Bonchev–Trinajstić information content (AvgIpc) is 3.18. The Kier molecular flexibility index (Phi) is 8.02. The number of fused-ring (bicyclic) bond motifs is 1. The zero-order chi connectivity index (χ0) is 29.6. The van der Waals surface area contributed by atoms with E-state index in [2.05, 4.69) is 10.6 Å². The van der Waals surface area contributed by atoms with E-state index in [9.17, 15) is 40.3 Å². The predicted molar refractivity (Wildman–Crippen MR) is 130 cm³/mol. The Labute approximate surface area is 221 Å². The van der Waals surface area contributed by atoms with Crippen molar-refractivity contribution in [3.8, 4) is 0 Å². The number of carbonyl (C=O) groups is 2. The van der Waals surface area contributed by atoms with E-state index in [1.165, 1.54) is 19.9 Å². The maximum atomic E-state index is 14.6. The van der Waals surface area contributed by atoms with E-state index in [0.717, 1.165) is 11.1 Å². The van der Waals surface area contributed by atoms with E-state index in [-0.39, 0.29) is 34.8 Å². The Balaban J connectivity index is 1.87. The summed E-state index contributed by atoms with van der Waals surface area (Å²) in [5.41, 5.74) is -6.29. The van der Waals surface area contributed by atoms with Crippen molar-refractivity contribution in [2.45, 2.75) is 83.5 Å². The molecule has 0 aromatic heterocycles. The van der Waals surface area contributed by atoms with Crippen molar-refractivity contribution >= 4 is 17.7 Å². The van der Waals surface area contributed by atoms with E-state index in [0.29, 0.717) is 25.0 Å². The highest BCUT2D eigenvalue weighted by Crippen LogP contribution is 2.54. The highest BCUT2D eigenvalue weighted by Gasteiger charge is 2.73. The van der Waals surface area contributed by atoms with Crippen LogP contribution in [0.5, 0.6) is 0 Å². The average molecular weight is 563 g/mol. The molecule has 0 saturated carbocycles. The second-order valence-electron chi connectivity index (χ2n) is 10.4. The van der Waals surface area contributed by atoms with Crippen molar-refractivity contribution in [2.75, 3.05) is 5.32 Å². The molecule has 0 heterocycles. The fourth-order valence-corrected chi connectivity index (χ4v) is 4.55. The zero-order valence-corrected chi connectivity index (χ0v) is 22.0. The number of alkyl halides is 7. The summed E-state index contributed by atoms with van der Waals surface area (Å²) in [5, 5.41) is 5.34. The maximum Gasteiger partial charge on any atom is 0.435 e. The molecule has 0 saturated heterocycles. The van der Waals surface area contributed by atoms with Gasteiger partial charge < -0.3 is 15.4 Å². The summed E-state index contributed by atoms with van der Waals surface area (Å²) in [6.45, 7) is 7.86. The third-order valence-corrected chi connectivity index (χ3v) is 6.39. The predicted octanol–water partition coefficient (Wildman–Crippen LogP) is 7.61. The highest BCUT2D eigenvalue weighted by atomic mass is 19.4. The van der Waals surface area contributed by atoms with Crippen molar-refractivity contribution in [2.24, 2.45) is 0 Å². The lowest BCUT2D eigenvalue weighted by Crippen LogP contribution is -2.50. The van der Waals surface area contributed by atoms with Gasteiger partial charge in [-0.15, -0.1) is 0 Å². The van der Waals surface area contributed by atoms with Gasteiger partial charge in [-0.2, -0.15) is 26.3 Å². The Morgan fingerprint density at radius 2 is 1.59 bits per heavy atom. The molecule has 0 radical (unpaired) electrons. The summed E-state index contributed by atoms with van der Waals surface area (Å²) in [4.78, 5) is 25.2. The van der Waals surface area contributed by atoms with Crippen molar-refractivity contribution in [3.63, 3.8) is 0 Å². The van der Waals surface area contributed by atoms with Crippen LogP contribution in [0.2, 0.25) is 0 Å². The molecular weight excluding hydrogens is 533 g/mol. The number of nitrogens with one attached hydrogen (secondary N) is 2. The fourth-order valence-electron chi connectivity index (χ4n) is 4.55. The van der Waals surface area contributed by atoms with Gasteiger partial charge in [-0.05, 0) is 87.4 Å². The van der Waals surface area contributed by atoms with Gasteiger partial charge in [-0.3, -0.25) is 4.79 Å². The minimum absolute atomic E-state index is 0.00270. The van der Waals surface area contributed by atoms with Gasteiger partial charge in [0.2, 0.25) is 0 Å². The van der Waals surface area contributed by atoms with E-state index in [4.69, 9.17) is 4.74 Å². The number of ether oxygens (including phenoxy) is 1. The summed E-state index contributed by atoms with van der Waals surface area (Å²) >= 11 is 0. The molecule has 12 heteroatoms. The number of amides is 2. The lowest BCUT2D eigenvalue weighted by atomic mass is 9.89. The summed E-state index contributed by atoms with van der Waals surface area (Å²) in [7, 11) is 0. The molecule has 214 valence electrons. The van der Waals surface area contributed by atoms with Crippen molar-refractivity contribution in [1.82, 2.24) is 5.32 Å². The van der Waals surface area contributed by atoms with Crippen molar-refractivity contribution < 1.29 is 45.1 Å². The van der Waals surface area contributed by atoms with Crippen molar-refractivity contribution in [3.05, 3.63) is 63.7 Å². The van der Waals surface area contributed by atoms with Crippen LogP contribution in [-0.2, 0) is 23.2 Å². The number of carbonyl (C=O) groups excluding carboxylic acids is 2. The Hall–Kier alpha value is -3.31. The van der Waals surface area contributed by atoms with Gasteiger partial charge in [0.05, 0.1) is 6.04 Å². The molecule has 2 amide bonds. The lowest BCUT2D eigenvalue weighted by Gasteiger charge is -2.31. The van der Waals surface area contributed by atoms with E-state index in [1.807, 2.05) is 0 Å². The molecule has 2 aromatic carbocycles. The number of benzene rings is 2. The van der Waals surface area contributed by atoms with Crippen LogP contribution in [0, 0.1) is 6.92 Å². The van der Waals surface area contributed by atoms with Crippen LogP contribution < -0.4 is 10.6 Å². The summed E-state index contributed by atoms with van der Waals surface area (Å²) in [6.07, 6.45) is -12.0. The number of halogens is 7. The van der Waals surface area contributed by atoms with Crippen LogP contribution in [0.1, 0.15) is 78.3 Å². The smallest absolute Gasteiger partial charge is 0.435 e. The standard InChI is InChI=1S/C27H29F7N2O3/c1-6-15-13-18(25(28,26(29,30)31)27(32,33)34)11-14(2)21(15)36-22(37)17-7-9-19-16(12-17)8-10-20(19)35-23(38)39-24(3,4)5/h7,9,11-13,20H,6,8,10H2,1-5H3,(H,35,38)(H,36,37). The Morgan fingerprint density at radius 3 is 2.13 bits per heavy atom. The molecule has 39 heavy (non-hydrogen) atoms. The first kappa shape index (κ1) is 30.2. The van der Waals surface area contributed by atoms with E-state index >= 15 is 0 Å². The third-order valence-electron chi connectivity index (χ3n) is 6.39. The molecule has 0 fully saturated rings. The van der Waals surface area contributed by atoms with Gasteiger partial charge in [0.25, 0.3) is 5.91 Å². The van der Waals surface area contributed by atoms with Gasteiger partial charge in [0, 0.05) is 16.8 Å². The van der Waals surface area contributed by atoms with Gasteiger partial charge in [0.1, 0.15) is 5.60 Å². The largest absolute Gasteiger partial charge is 0.444 e. The van der Waals surface area contributed by atoms with Gasteiger partial charge in [-0.1, -0.05) is 19.1 Å². The van der Waals surface area contributed by atoms with Gasteiger partial charge >= 0.3 is 24.1 Å². The van der Waals surface area contributed by atoms with Crippen LogP contribution in [0.3, 0.4) is 0 Å². The first-order chi connectivity index (χ1) is 17.8. The molecular formula is C27H29F7N2O3. The fraction of sp³-hybridized carbons (Fsp3) is 0.481. The van der Waals surface area contributed by atoms with Crippen LogP contribution in [0.4, 0.5) is 41.2 Å². The summed E-state index contributed by atoms with van der Waals surface area (Å²) < 4.78 is 99.5. The van der Waals surface area contributed by atoms with Gasteiger partial charge in [-0.25, -0.2) is 9.18 Å². The molecule has 0 spiro atoms. The number of hydrogen-bond acceptors (Lipinski definition) is 3. The topological polar surface area (TPSA) is 67.4 Å². The zero-order valence-electron chi connectivity index (χ0n) is 22.0. The van der Waals surface area contributed by atoms with Crippen LogP contribution in [0.25, 0.3) is 0 Å². The number of rotatable bonds is 5. The van der Waals surface area contributed by atoms with E-state index in [1.54, 1.807) is 32.9 Å². The van der Waals surface area contributed by atoms with Crippen molar-refractivity contribution in [1.29, 1.82) is 0 Å². The van der Waals surface area contributed by atoms with Crippen LogP contribution in [-0.4, -0.2) is 30.0 Å². The molecule has 1 unspecified atom stereocenters. The second kappa shape index (κ2) is 10.3. The Bertz CT molecular complexity index is 1250. The summed E-state index contributed by atoms with van der Waals surface area (Å²) in [6, 6.07) is 5.39. The monoisotopic (exact) mass is 562 g/mol. The normalized spacial score (nSPS) is 16.1. The Morgan fingerprint density at radius 1 is 0.974 bits per heavy atom. The number of aryl methyl sites for hydroxylation is 3. The third kappa shape index (κ3) is 6.14. The molecule has 1 atom stereocenters. The first-order valence-electron chi connectivity index (χ1n) is 12.2.